The Labute approximate surface area is 108 Å². The number of primary amides is 1. The Balaban J connectivity index is 2.16. The van der Waals surface area contributed by atoms with Crippen LogP contribution in [0.2, 0.25) is 0 Å². The van der Waals surface area contributed by atoms with Gasteiger partial charge >= 0.3 is 0 Å². The van der Waals surface area contributed by atoms with Gasteiger partial charge in [0, 0.05) is 18.9 Å². The second kappa shape index (κ2) is 5.01. The van der Waals surface area contributed by atoms with Gasteiger partial charge in [-0.1, -0.05) is 0 Å². The zero-order valence-electron chi connectivity index (χ0n) is 9.80. The first-order valence-corrected chi connectivity index (χ1v) is 6.05. The zero-order chi connectivity index (χ0) is 13.1. The summed E-state index contributed by atoms with van der Waals surface area (Å²) in [5.74, 6) is -0.412. The Morgan fingerprint density at radius 1 is 1.56 bits per heavy atom. The highest BCUT2D eigenvalue weighted by Gasteiger charge is 2.16. The smallest absolute Gasteiger partial charge is 0.255 e. The van der Waals surface area contributed by atoms with E-state index in [1.165, 1.54) is 0 Å². The van der Waals surface area contributed by atoms with Gasteiger partial charge in [0.15, 0.2) is 5.82 Å². The molecule has 5 N–H and O–H groups in total. The highest BCUT2D eigenvalue weighted by molar-refractivity contribution is 7.11. The average Bonchev–Trinajstić information content (AvgIpc) is 2.69. The number of rotatable bonds is 4. The maximum atomic E-state index is 11.2. The molecule has 6 nitrogen and oxygen atoms in total. The minimum atomic E-state index is -0.577. The first-order chi connectivity index (χ1) is 8.59. The van der Waals surface area contributed by atoms with E-state index in [1.807, 2.05) is 13.0 Å². The van der Waals surface area contributed by atoms with Crippen LogP contribution < -0.4 is 16.8 Å². The Bertz CT molecular complexity index is 581. The normalized spacial score (nSPS) is 10.3. The van der Waals surface area contributed by atoms with Crippen molar-refractivity contribution in [2.45, 2.75) is 13.5 Å². The zero-order valence-corrected chi connectivity index (χ0v) is 10.6. The molecule has 2 aromatic rings. The third-order valence-electron chi connectivity index (χ3n) is 2.55. The van der Waals surface area contributed by atoms with Gasteiger partial charge in [-0.15, -0.1) is 0 Å². The highest BCUT2D eigenvalue weighted by atomic mass is 32.1. The van der Waals surface area contributed by atoms with Crippen molar-refractivity contribution in [1.29, 1.82) is 0 Å². The van der Waals surface area contributed by atoms with E-state index in [4.69, 9.17) is 11.5 Å². The maximum Gasteiger partial charge on any atom is 0.255 e. The average molecular weight is 263 g/mol. The summed E-state index contributed by atoms with van der Waals surface area (Å²) < 4.78 is 3.91. The lowest BCUT2D eigenvalue weighted by molar-refractivity contribution is 0.100. The third kappa shape index (κ3) is 2.40. The first-order valence-electron chi connectivity index (χ1n) is 5.28. The lowest BCUT2D eigenvalue weighted by Crippen LogP contribution is -2.14. The summed E-state index contributed by atoms with van der Waals surface area (Å²) >= 11 is 1.12. The van der Waals surface area contributed by atoms with Crippen molar-refractivity contribution < 1.29 is 4.79 Å². The molecule has 1 amide bonds. The number of aromatic nitrogens is 2. The molecule has 0 aromatic carbocycles. The molecule has 0 radical (unpaired) electrons. The monoisotopic (exact) mass is 263 g/mol. The molecular weight excluding hydrogens is 250 g/mol. The summed E-state index contributed by atoms with van der Waals surface area (Å²) in [6.07, 6.45) is 3.51. The molecule has 0 aliphatic heterocycles. The van der Waals surface area contributed by atoms with Crippen LogP contribution >= 0.6 is 11.5 Å². The first kappa shape index (κ1) is 12.3. The standard InChI is InChI=1S/C11H13N5OS/c1-6-2-3-14-4-7(6)5-15-11-8(10(13)17)9(12)16-18-11/h2-4,15H,5H2,1H3,(H2,12,16)(H2,13,17). The molecule has 0 atom stereocenters. The number of carbonyl (C=O) groups is 1. The molecule has 0 fully saturated rings. The van der Waals surface area contributed by atoms with Gasteiger partial charge in [0.1, 0.15) is 10.6 Å². The second-order valence-corrected chi connectivity index (χ2v) is 4.57. The number of hydrogen-bond donors (Lipinski definition) is 3. The number of pyridine rings is 1. The van der Waals surface area contributed by atoms with Crippen LogP contribution in [0.25, 0.3) is 0 Å². The Hall–Kier alpha value is -2.15. The van der Waals surface area contributed by atoms with E-state index < -0.39 is 5.91 Å². The number of anilines is 2. The number of nitrogens with two attached hydrogens (primary N) is 2. The fourth-order valence-electron chi connectivity index (χ4n) is 1.52. The van der Waals surface area contributed by atoms with E-state index in [2.05, 4.69) is 14.7 Å². The van der Waals surface area contributed by atoms with Gasteiger partial charge in [-0.3, -0.25) is 9.78 Å². The van der Waals surface area contributed by atoms with Crippen molar-refractivity contribution in [2.75, 3.05) is 11.1 Å². The van der Waals surface area contributed by atoms with Gasteiger partial charge in [-0.05, 0) is 35.6 Å². The number of aryl methyl sites for hydroxylation is 1. The highest BCUT2D eigenvalue weighted by Crippen LogP contribution is 2.26. The number of nitrogen functional groups attached to an aromatic ring is 1. The molecule has 2 aromatic heterocycles. The molecular formula is C11H13N5OS. The van der Waals surface area contributed by atoms with Gasteiger partial charge in [0.05, 0.1) is 0 Å². The molecule has 0 saturated heterocycles. The lowest BCUT2D eigenvalue weighted by atomic mass is 10.1. The number of nitrogens with one attached hydrogen (secondary N) is 1. The van der Waals surface area contributed by atoms with Crippen LogP contribution in [-0.4, -0.2) is 15.3 Å². The SMILES string of the molecule is Cc1ccncc1CNc1snc(N)c1C(N)=O. The molecule has 94 valence electrons. The fourth-order valence-corrected chi connectivity index (χ4v) is 2.23. The molecule has 0 saturated carbocycles. The van der Waals surface area contributed by atoms with E-state index in [0.29, 0.717) is 11.5 Å². The van der Waals surface area contributed by atoms with Crippen LogP contribution in [-0.2, 0) is 6.54 Å². The summed E-state index contributed by atoms with van der Waals surface area (Å²) in [6, 6.07) is 1.92. The Morgan fingerprint density at radius 2 is 2.33 bits per heavy atom. The number of hydrogen-bond acceptors (Lipinski definition) is 6. The molecule has 2 heterocycles. The van der Waals surface area contributed by atoms with Crippen LogP contribution in [0.5, 0.6) is 0 Å². The molecule has 0 aliphatic rings. The molecule has 0 aliphatic carbocycles. The van der Waals surface area contributed by atoms with Gasteiger partial charge in [0.25, 0.3) is 5.91 Å². The van der Waals surface area contributed by atoms with Crippen LogP contribution in [0.15, 0.2) is 18.5 Å². The minimum absolute atomic E-state index is 0.165. The van der Waals surface area contributed by atoms with Crippen LogP contribution in [0, 0.1) is 6.92 Å². The van der Waals surface area contributed by atoms with E-state index in [-0.39, 0.29) is 11.4 Å². The van der Waals surface area contributed by atoms with Crippen LogP contribution in [0.1, 0.15) is 21.5 Å². The maximum absolute atomic E-state index is 11.2. The van der Waals surface area contributed by atoms with Crippen molar-refractivity contribution in [1.82, 2.24) is 9.36 Å². The summed E-state index contributed by atoms with van der Waals surface area (Å²) in [4.78, 5) is 15.3. The van der Waals surface area contributed by atoms with Crippen molar-refractivity contribution in [3.05, 3.63) is 35.2 Å². The quantitative estimate of drug-likeness (QED) is 0.766. The largest absolute Gasteiger partial charge is 0.382 e. The van der Waals surface area contributed by atoms with Gasteiger partial charge in [-0.25, -0.2) is 0 Å². The Morgan fingerprint density at radius 3 is 3.00 bits per heavy atom. The molecule has 0 unspecified atom stereocenters. The second-order valence-electron chi connectivity index (χ2n) is 3.79. The minimum Gasteiger partial charge on any atom is -0.382 e. The fraction of sp³-hybridized carbons (Fsp3) is 0.182. The van der Waals surface area contributed by atoms with Crippen LogP contribution in [0.3, 0.4) is 0 Å². The van der Waals surface area contributed by atoms with Crippen molar-refractivity contribution >= 4 is 28.3 Å². The summed E-state index contributed by atoms with van der Waals surface area (Å²) in [5, 5.41) is 3.69. The molecule has 0 spiro atoms. The number of nitrogens with zero attached hydrogens (tertiary/aromatic N) is 2. The molecule has 7 heteroatoms. The van der Waals surface area contributed by atoms with E-state index in [9.17, 15) is 4.79 Å². The lowest BCUT2D eigenvalue weighted by Gasteiger charge is -2.07. The third-order valence-corrected chi connectivity index (χ3v) is 3.37. The summed E-state index contributed by atoms with van der Waals surface area (Å²) in [6.45, 7) is 2.54. The van der Waals surface area contributed by atoms with Gasteiger partial charge in [0.2, 0.25) is 0 Å². The molecule has 0 bridgehead atoms. The van der Waals surface area contributed by atoms with Crippen LogP contribution in [0.4, 0.5) is 10.8 Å². The van der Waals surface area contributed by atoms with E-state index >= 15 is 0 Å². The van der Waals surface area contributed by atoms with E-state index in [0.717, 1.165) is 22.7 Å². The topological polar surface area (TPSA) is 107 Å². The predicted molar refractivity (Wildman–Crippen MR) is 71.3 cm³/mol. The number of carbonyl (C=O) groups excluding carboxylic acids is 1. The Kier molecular flexibility index (Phi) is 3.42. The van der Waals surface area contributed by atoms with Crippen molar-refractivity contribution in [2.24, 2.45) is 5.73 Å². The van der Waals surface area contributed by atoms with Gasteiger partial charge < -0.3 is 16.8 Å². The number of amides is 1. The van der Waals surface area contributed by atoms with E-state index in [1.54, 1.807) is 12.4 Å². The predicted octanol–water partition coefficient (Wildman–Crippen LogP) is 1.14. The molecule has 2 rings (SSSR count). The summed E-state index contributed by atoms with van der Waals surface area (Å²) in [5.41, 5.74) is 13.3. The molecule has 18 heavy (non-hydrogen) atoms. The van der Waals surface area contributed by atoms with Crippen molar-refractivity contribution in [3.8, 4) is 0 Å². The van der Waals surface area contributed by atoms with Crippen molar-refractivity contribution in [3.63, 3.8) is 0 Å². The van der Waals surface area contributed by atoms with Gasteiger partial charge in [-0.2, -0.15) is 4.37 Å². The summed E-state index contributed by atoms with van der Waals surface area (Å²) in [7, 11) is 0.